The van der Waals surface area contributed by atoms with Gasteiger partial charge in [0.2, 0.25) is 10.0 Å². The minimum atomic E-state index is -3.98. The van der Waals surface area contributed by atoms with E-state index in [9.17, 15) is 17.6 Å². The van der Waals surface area contributed by atoms with Gasteiger partial charge in [-0.1, -0.05) is 15.9 Å². The number of sulfonamides is 1. The van der Waals surface area contributed by atoms with E-state index in [0.29, 0.717) is 4.47 Å². The Morgan fingerprint density at radius 2 is 2.17 bits per heavy atom. The van der Waals surface area contributed by atoms with Crippen molar-refractivity contribution in [1.29, 1.82) is 0 Å². The van der Waals surface area contributed by atoms with Gasteiger partial charge >= 0.3 is 6.09 Å². The van der Waals surface area contributed by atoms with Gasteiger partial charge in [0, 0.05) is 11.0 Å². The summed E-state index contributed by atoms with van der Waals surface area (Å²) >= 11 is 3.02. The quantitative estimate of drug-likeness (QED) is 0.780. The zero-order valence-electron chi connectivity index (χ0n) is 9.02. The molecule has 0 unspecified atom stereocenters. The molecule has 0 radical (unpaired) electrons. The molecule has 9 heteroatoms. The van der Waals surface area contributed by atoms with Gasteiger partial charge in [-0.15, -0.1) is 0 Å². The SMILES string of the molecule is NC(=O)OCCNS(=O)(=O)c1ccc(Br)cc1F. The Morgan fingerprint density at radius 1 is 1.50 bits per heavy atom. The molecule has 0 fully saturated rings. The third kappa shape index (κ3) is 4.24. The molecule has 0 aliphatic rings. The number of halogens is 2. The van der Waals surface area contributed by atoms with Gasteiger partial charge in [0.1, 0.15) is 17.3 Å². The van der Waals surface area contributed by atoms with Gasteiger partial charge in [-0.25, -0.2) is 22.3 Å². The summed E-state index contributed by atoms with van der Waals surface area (Å²) in [7, 11) is -3.98. The lowest BCUT2D eigenvalue weighted by Gasteiger charge is -2.07. The lowest BCUT2D eigenvalue weighted by molar-refractivity contribution is 0.159. The van der Waals surface area contributed by atoms with Crippen LogP contribution in [0.25, 0.3) is 0 Å². The largest absolute Gasteiger partial charge is 0.448 e. The van der Waals surface area contributed by atoms with Crippen molar-refractivity contribution in [2.45, 2.75) is 4.90 Å². The van der Waals surface area contributed by atoms with Gasteiger partial charge in [0.05, 0.1) is 0 Å². The smallest absolute Gasteiger partial charge is 0.404 e. The average molecular weight is 341 g/mol. The second kappa shape index (κ2) is 6.12. The Morgan fingerprint density at radius 3 is 2.72 bits per heavy atom. The number of ether oxygens (including phenoxy) is 1. The zero-order chi connectivity index (χ0) is 13.8. The van der Waals surface area contributed by atoms with Crippen LogP contribution in [-0.2, 0) is 14.8 Å². The fourth-order valence-corrected chi connectivity index (χ4v) is 2.50. The number of carbonyl (C=O) groups excluding carboxylic acids is 1. The predicted octanol–water partition coefficient (Wildman–Crippen LogP) is 0.962. The van der Waals surface area contributed by atoms with E-state index in [1.54, 1.807) is 0 Å². The van der Waals surface area contributed by atoms with E-state index in [1.165, 1.54) is 6.07 Å². The number of nitrogens with one attached hydrogen (secondary N) is 1. The standard InChI is InChI=1S/C9H10BrFN2O4S/c10-6-1-2-8(7(11)5-6)18(15,16)13-3-4-17-9(12)14/h1-2,5,13H,3-4H2,(H2,12,14). The molecule has 0 aromatic heterocycles. The first-order valence-electron chi connectivity index (χ1n) is 4.70. The molecule has 1 rings (SSSR count). The molecule has 0 spiro atoms. The Kier molecular flexibility index (Phi) is 5.05. The average Bonchev–Trinajstić information content (AvgIpc) is 2.23. The summed E-state index contributed by atoms with van der Waals surface area (Å²) in [5.41, 5.74) is 4.69. The summed E-state index contributed by atoms with van der Waals surface area (Å²) in [6, 6.07) is 3.56. The van der Waals surface area contributed by atoms with E-state index in [1.807, 2.05) is 0 Å². The van der Waals surface area contributed by atoms with Crippen molar-refractivity contribution in [2.24, 2.45) is 5.73 Å². The molecular weight excluding hydrogens is 331 g/mol. The fraction of sp³-hybridized carbons (Fsp3) is 0.222. The van der Waals surface area contributed by atoms with E-state index in [0.717, 1.165) is 12.1 Å². The van der Waals surface area contributed by atoms with E-state index >= 15 is 0 Å². The number of rotatable bonds is 5. The molecule has 1 aromatic carbocycles. The summed E-state index contributed by atoms with van der Waals surface area (Å²) in [6.07, 6.45) is -1.01. The topological polar surface area (TPSA) is 98.5 Å². The first kappa shape index (κ1) is 14.9. The molecule has 0 bridgehead atoms. The molecule has 0 heterocycles. The number of nitrogens with two attached hydrogens (primary N) is 1. The van der Waals surface area contributed by atoms with Crippen molar-refractivity contribution < 1.29 is 22.3 Å². The number of carbonyl (C=O) groups is 1. The van der Waals surface area contributed by atoms with Crippen molar-refractivity contribution in [3.63, 3.8) is 0 Å². The number of benzene rings is 1. The Bertz CT molecular complexity index is 549. The lowest BCUT2D eigenvalue weighted by atomic mass is 10.3. The monoisotopic (exact) mass is 340 g/mol. The van der Waals surface area contributed by atoms with Crippen LogP contribution in [0.5, 0.6) is 0 Å². The first-order valence-corrected chi connectivity index (χ1v) is 6.97. The van der Waals surface area contributed by atoms with Gasteiger partial charge in [-0.2, -0.15) is 0 Å². The Hall–Kier alpha value is -1.19. The summed E-state index contributed by atoms with van der Waals surface area (Å²) in [4.78, 5) is 9.76. The molecule has 0 atom stereocenters. The predicted molar refractivity (Wildman–Crippen MR) is 64.8 cm³/mol. The fourth-order valence-electron chi connectivity index (χ4n) is 1.10. The zero-order valence-corrected chi connectivity index (χ0v) is 11.4. The number of amides is 1. The van der Waals surface area contributed by atoms with Crippen LogP contribution in [-0.4, -0.2) is 27.7 Å². The highest BCUT2D eigenvalue weighted by atomic mass is 79.9. The van der Waals surface area contributed by atoms with Crippen LogP contribution in [0.4, 0.5) is 9.18 Å². The highest BCUT2D eigenvalue weighted by molar-refractivity contribution is 9.10. The maximum atomic E-state index is 13.4. The minimum absolute atomic E-state index is 0.194. The number of hydrogen-bond donors (Lipinski definition) is 2. The third-order valence-corrected chi connectivity index (χ3v) is 3.81. The van der Waals surface area contributed by atoms with Gasteiger partial charge in [-0.3, -0.25) is 0 Å². The molecule has 0 aliphatic carbocycles. The maximum absolute atomic E-state index is 13.4. The van der Waals surface area contributed by atoms with Crippen molar-refractivity contribution in [3.05, 3.63) is 28.5 Å². The molecule has 1 amide bonds. The van der Waals surface area contributed by atoms with Crippen LogP contribution in [0.1, 0.15) is 0 Å². The Balaban J connectivity index is 2.71. The van der Waals surface area contributed by atoms with Crippen LogP contribution in [0.3, 0.4) is 0 Å². The molecule has 0 saturated heterocycles. The Labute approximate surface area is 111 Å². The first-order chi connectivity index (χ1) is 8.33. The lowest BCUT2D eigenvalue weighted by Crippen LogP contribution is -2.29. The van der Waals surface area contributed by atoms with Crippen LogP contribution in [0.2, 0.25) is 0 Å². The summed E-state index contributed by atoms with van der Waals surface area (Å²) in [5.74, 6) is -0.882. The van der Waals surface area contributed by atoms with E-state index < -0.39 is 26.8 Å². The van der Waals surface area contributed by atoms with Gasteiger partial charge in [0.15, 0.2) is 0 Å². The summed E-state index contributed by atoms with van der Waals surface area (Å²) in [5, 5.41) is 0. The van der Waals surface area contributed by atoms with E-state index in [4.69, 9.17) is 5.73 Å². The number of hydrogen-bond acceptors (Lipinski definition) is 4. The van der Waals surface area contributed by atoms with Crippen LogP contribution < -0.4 is 10.5 Å². The number of primary amides is 1. The summed E-state index contributed by atoms with van der Waals surface area (Å²) < 4.78 is 43.6. The molecule has 100 valence electrons. The molecule has 3 N–H and O–H groups in total. The van der Waals surface area contributed by atoms with Crippen LogP contribution in [0.15, 0.2) is 27.6 Å². The van der Waals surface area contributed by atoms with Crippen molar-refractivity contribution in [2.75, 3.05) is 13.2 Å². The maximum Gasteiger partial charge on any atom is 0.404 e. The molecule has 0 saturated carbocycles. The van der Waals surface area contributed by atoms with Crippen molar-refractivity contribution in [3.8, 4) is 0 Å². The molecule has 0 aliphatic heterocycles. The van der Waals surface area contributed by atoms with E-state index in [-0.39, 0.29) is 13.2 Å². The van der Waals surface area contributed by atoms with Crippen molar-refractivity contribution in [1.82, 2.24) is 4.72 Å². The molecule has 1 aromatic rings. The van der Waals surface area contributed by atoms with E-state index in [2.05, 4.69) is 25.4 Å². The molecule has 6 nitrogen and oxygen atoms in total. The normalized spacial score (nSPS) is 11.2. The highest BCUT2D eigenvalue weighted by Gasteiger charge is 2.18. The highest BCUT2D eigenvalue weighted by Crippen LogP contribution is 2.18. The molecule has 18 heavy (non-hydrogen) atoms. The van der Waals surface area contributed by atoms with Gasteiger partial charge in [-0.05, 0) is 18.2 Å². The minimum Gasteiger partial charge on any atom is -0.448 e. The second-order valence-electron chi connectivity index (χ2n) is 3.14. The van der Waals surface area contributed by atoms with Crippen LogP contribution in [0, 0.1) is 5.82 Å². The van der Waals surface area contributed by atoms with Crippen molar-refractivity contribution >= 4 is 32.0 Å². The summed E-state index contributed by atoms with van der Waals surface area (Å²) in [6.45, 7) is -0.423. The van der Waals surface area contributed by atoms with Gasteiger partial charge < -0.3 is 10.5 Å². The third-order valence-electron chi connectivity index (χ3n) is 1.82. The second-order valence-corrected chi connectivity index (χ2v) is 5.79. The van der Waals surface area contributed by atoms with Gasteiger partial charge in [0.25, 0.3) is 0 Å². The van der Waals surface area contributed by atoms with Crippen LogP contribution >= 0.6 is 15.9 Å². The molecular formula is C9H10BrFN2O4S.